The molecular weight excluding hydrogens is 243 g/mol. The Bertz CT molecular complexity index is 390. The fourth-order valence-corrected chi connectivity index (χ4v) is 1.84. The molecule has 102 valence electrons. The van der Waals surface area contributed by atoms with E-state index in [0.717, 1.165) is 11.1 Å². The largest absolute Gasteiger partial charge is 0.405 e. The summed E-state index contributed by atoms with van der Waals surface area (Å²) >= 11 is 0. The highest BCUT2D eigenvalue weighted by Crippen LogP contribution is 2.24. The Hall–Kier alpha value is -1.23. The van der Waals surface area contributed by atoms with E-state index in [9.17, 15) is 13.2 Å². The van der Waals surface area contributed by atoms with Crippen molar-refractivity contribution >= 4 is 5.69 Å². The van der Waals surface area contributed by atoms with Gasteiger partial charge in [0.2, 0.25) is 0 Å². The van der Waals surface area contributed by atoms with Gasteiger partial charge in [-0.25, -0.2) is 0 Å². The summed E-state index contributed by atoms with van der Waals surface area (Å²) in [4.78, 5) is 1.31. The number of benzene rings is 1. The van der Waals surface area contributed by atoms with Crippen LogP contribution in [0.5, 0.6) is 0 Å². The molecular formula is C13H18F3NO. The van der Waals surface area contributed by atoms with Gasteiger partial charge in [-0.3, -0.25) is 0 Å². The van der Waals surface area contributed by atoms with Gasteiger partial charge in [-0.05, 0) is 36.6 Å². The maximum Gasteiger partial charge on any atom is 0.405 e. The third-order valence-electron chi connectivity index (χ3n) is 2.73. The van der Waals surface area contributed by atoms with Crippen LogP contribution in [-0.4, -0.2) is 24.4 Å². The zero-order chi connectivity index (χ0) is 13.8. The average molecular weight is 261 g/mol. The number of rotatable bonds is 5. The SMILES string of the molecule is CCCN(CC(F)(F)F)c1ccc(CO)c(C)c1. The van der Waals surface area contributed by atoms with Crippen molar-refractivity contribution in [1.82, 2.24) is 0 Å². The standard InChI is InChI=1S/C13H18F3NO/c1-3-6-17(9-13(14,15)16)12-5-4-11(8-18)10(2)7-12/h4-5,7,18H,3,6,8-9H2,1-2H3. The predicted octanol–water partition coefficient (Wildman–Crippen LogP) is 3.27. The molecule has 2 nitrogen and oxygen atoms in total. The monoisotopic (exact) mass is 261 g/mol. The van der Waals surface area contributed by atoms with Crippen LogP contribution in [0.1, 0.15) is 24.5 Å². The Labute approximate surface area is 105 Å². The molecule has 0 amide bonds. The van der Waals surface area contributed by atoms with Crippen LogP contribution in [0.4, 0.5) is 18.9 Å². The highest BCUT2D eigenvalue weighted by Gasteiger charge is 2.30. The summed E-state index contributed by atoms with van der Waals surface area (Å²) in [6, 6.07) is 4.98. The van der Waals surface area contributed by atoms with Crippen LogP contribution in [0.3, 0.4) is 0 Å². The number of hydrogen-bond donors (Lipinski definition) is 1. The van der Waals surface area contributed by atoms with E-state index >= 15 is 0 Å². The molecule has 1 aromatic carbocycles. The van der Waals surface area contributed by atoms with Gasteiger partial charge in [-0.1, -0.05) is 13.0 Å². The van der Waals surface area contributed by atoms with Gasteiger partial charge in [0.1, 0.15) is 6.54 Å². The van der Waals surface area contributed by atoms with Gasteiger partial charge < -0.3 is 10.0 Å². The maximum atomic E-state index is 12.5. The van der Waals surface area contributed by atoms with Gasteiger partial charge in [0.25, 0.3) is 0 Å². The number of hydrogen-bond acceptors (Lipinski definition) is 2. The average Bonchev–Trinajstić information content (AvgIpc) is 2.26. The van der Waals surface area contributed by atoms with E-state index in [1.54, 1.807) is 25.1 Å². The van der Waals surface area contributed by atoms with Crippen LogP contribution in [-0.2, 0) is 6.61 Å². The highest BCUT2D eigenvalue weighted by atomic mass is 19.4. The minimum Gasteiger partial charge on any atom is -0.392 e. The lowest BCUT2D eigenvalue weighted by molar-refractivity contribution is -0.119. The van der Waals surface area contributed by atoms with E-state index in [2.05, 4.69) is 0 Å². The fraction of sp³-hybridized carbons (Fsp3) is 0.538. The van der Waals surface area contributed by atoms with E-state index < -0.39 is 12.7 Å². The van der Waals surface area contributed by atoms with Crippen LogP contribution < -0.4 is 4.90 Å². The first-order valence-electron chi connectivity index (χ1n) is 5.89. The van der Waals surface area contributed by atoms with E-state index in [-0.39, 0.29) is 6.61 Å². The highest BCUT2D eigenvalue weighted by molar-refractivity contribution is 5.51. The fourth-order valence-electron chi connectivity index (χ4n) is 1.84. The Kier molecular flexibility index (Phi) is 5.02. The summed E-state index contributed by atoms with van der Waals surface area (Å²) < 4.78 is 37.4. The van der Waals surface area contributed by atoms with Crippen molar-refractivity contribution in [3.8, 4) is 0 Å². The van der Waals surface area contributed by atoms with E-state index in [0.29, 0.717) is 18.7 Å². The molecule has 1 aromatic rings. The molecule has 0 unspecified atom stereocenters. The molecule has 1 N–H and O–H groups in total. The summed E-state index contributed by atoms with van der Waals surface area (Å²) in [5.74, 6) is 0. The molecule has 0 saturated carbocycles. The lowest BCUT2D eigenvalue weighted by Gasteiger charge is -2.26. The Morgan fingerprint density at radius 3 is 2.39 bits per heavy atom. The quantitative estimate of drug-likeness (QED) is 0.879. The van der Waals surface area contributed by atoms with Crippen molar-refractivity contribution in [3.63, 3.8) is 0 Å². The number of anilines is 1. The van der Waals surface area contributed by atoms with Crippen LogP contribution in [0.15, 0.2) is 18.2 Å². The minimum absolute atomic E-state index is 0.0981. The number of aliphatic hydroxyl groups excluding tert-OH is 1. The number of alkyl halides is 3. The first-order chi connectivity index (χ1) is 8.37. The van der Waals surface area contributed by atoms with Gasteiger partial charge >= 0.3 is 6.18 Å². The summed E-state index contributed by atoms with van der Waals surface area (Å²) in [5.41, 5.74) is 2.09. The molecule has 0 atom stereocenters. The summed E-state index contributed by atoms with van der Waals surface area (Å²) in [5, 5.41) is 9.04. The van der Waals surface area contributed by atoms with Gasteiger partial charge in [0, 0.05) is 12.2 Å². The predicted molar refractivity (Wildman–Crippen MR) is 65.7 cm³/mol. The summed E-state index contributed by atoms with van der Waals surface area (Å²) in [6.45, 7) is 2.94. The first-order valence-corrected chi connectivity index (χ1v) is 5.89. The third kappa shape index (κ3) is 4.22. The van der Waals surface area contributed by atoms with Gasteiger partial charge in [0.05, 0.1) is 6.61 Å². The first kappa shape index (κ1) is 14.8. The van der Waals surface area contributed by atoms with Crippen LogP contribution in [0, 0.1) is 6.92 Å². The van der Waals surface area contributed by atoms with Crippen molar-refractivity contribution in [2.45, 2.75) is 33.1 Å². The molecule has 1 rings (SSSR count). The van der Waals surface area contributed by atoms with Crippen molar-refractivity contribution in [2.75, 3.05) is 18.0 Å². The molecule has 0 fully saturated rings. The molecule has 0 heterocycles. The molecule has 0 aromatic heterocycles. The second-order valence-electron chi connectivity index (χ2n) is 4.31. The van der Waals surface area contributed by atoms with Crippen molar-refractivity contribution < 1.29 is 18.3 Å². The summed E-state index contributed by atoms with van der Waals surface area (Å²) in [7, 11) is 0. The van der Waals surface area contributed by atoms with Crippen LogP contribution in [0.2, 0.25) is 0 Å². The van der Waals surface area contributed by atoms with Crippen LogP contribution >= 0.6 is 0 Å². The zero-order valence-electron chi connectivity index (χ0n) is 10.6. The Morgan fingerprint density at radius 1 is 1.28 bits per heavy atom. The molecule has 5 heteroatoms. The second-order valence-corrected chi connectivity index (χ2v) is 4.31. The minimum atomic E-state index is -4.21. The van der Waals surface area contributed by atoms with Crippen molar-refractivity contribution in [1.29, 1.82) is 0 Å². The third-order valence-corrected chi connectivity index (χ3v) is 2.73. The number of halogens is 3. The number of aryl methyl sites for hydroxylation is 1. The number of nitrogens with zero attached hydrogens (tertiary/aromatic N) is 1. The molecule has 0 aliphatic heterocycles. The lowest BCUT2D eigenvalue weighted by atomic mass is 10.1. The zero-order valence-corrected chi connectivity index (χ0v) is 10.6. The summed E-state index contributed by atoms with van der Waals surface area (Å²) in [6.07, 6.45) is -3.56. The van der Waals surface area contributed by atoms with Crippen LogP contribution in [0.25, 0.3) is 0 Å². The topological polar surface area (TPSA) is 23.5 Å². The molecule has 0 saturated heterocycles. The molecule has 0 bridgehead atoms. The lowest BCUT2D eigenvalue weighted by Crippen LogP contribution is -2.34. The van der Waals surface area contributed by atoms with Crippen molar-refractivity contribution in [2.24, 2.45) is 0 Å². The molecule has 18 heavy (non-hydrogen) atoms. The van der Waals surface area contributed by atoms with E-state index in [1.807, 2.05) is 6.92 Å². The van der Waals surface area contributed by atoms with Gasteiger partial charge in [-0.15, -0.1) is 0 Å². The van der Waals surface area contributed by atoms with E-state index in [4.69, 9.17) is 5.11 Å². The Morgan fingerprint density at radius 2 is 1.94 bits per heavy atom. The molecule has 0 aliphatic rings. The van der Waals surface area contributed by atoms with Gasteiger partial charge in [0.15, 0.2) is 0 Å². The van der Waals surface area contributed by atoms with Crippen molar-refractivity contribution in [3.05, 3.63) is 29.3 Å². The smallest absolute Gasteiger partial charge is 0.392 e. The Balaban J connectivity index is 2.95. The molecule has 0 radical (unpaired) electrons. The van der Waals surface area contributed by atoms with Gasteiger partial charge in [-0.2, -0.15) is 13.2 Å². The molecule has 0 spiro atoms. The number of aliphatic hydroxyl groups is 1. The normalized spacial score (nSPS) is 11.7. The second kappa shape index (κ2) is 6.09. The van der Waals surface area contributed by atoms with E-state index in [1.165, 1.54) is 4.90 Å². The maximum absolute atomic E-state index is 12.5. The molecule has 0 aliphatic carbocycles.